The van der Waals surface area contributed by atoms with Crippen molar-refractivity contribution in [3.63, 3.8) is 0 Å². The summed E-state index contributed by atoms with van der Waals surface area (Å²) in [4.78, 5) is 0.732. The molecule has 0 saturated heterocycles. The van der Waals surface area contributed by atoms with Gasteiger partial charge in [0.15, 0.2) is 0 Å². The van der Waals surface area contributed by atoms with E-state index in [9.17, 15) is 21.6 Å². The number of alkyl halides is 3. The van der Waals surface area contributed by atoms with Crippen molar-refractivity contribution < 1.29 is 21.6 Å². The summed E-state index contributed by atoms with van der Waals surface area (Å²) in [6.07, 6.45) is -5.89. The van der Waals surface area contributed by atoms with Crippen LogP contribution in [0.2, 0.25) is 0 Å². The molecule has 0 aromatic carbocycles. The first-order valence-electron chi connectivity index (χ1n) is 6.02. The number of hydrogen-bond donors (Lipinski definition) is 2. The first kappa shape index (κ1) is 18.0. The molecule has 118 valence electrons. The summed E-state index contributed by atoms with van der Waals surface area (Å²) < 4.78 is 61.2. The Bertz CT molecular complexity index is 612. The molecule has 0 amide bonds. The standard InChI is InChI=1S/C12H15F3N2O2S2/c13-12(14,15)4-2-6-21(18,19)17-8-11-7-10(9-20-11)3-1-5-16/h7,9,17H,2,4-6,8,16H2. The fourth-order valence-electron chi connectivity index (χ4n) is 1.41. The van der Waals surface area contributed by atoms with Crippen LogP contribution in [0.1, 0.15) is 23.3 Å². The summed E-state index contributed by atoms with van der Waals surface area (Å²) in [5.41, 5.74) is 5.97. The van der Waals surface area contributed by atoms with E-state index in [2.05, 4.69) is 16.6 Å². The van der Waals surface area contributed by atoms with E-state index in [1.807, 2.05) is 0 Å². The number of hydrogen-bond acceptors (Lipinski definition) is 4. The molecule has 1 rings (SSSR count). The van der Waals surface area contributed by atoms with Crippen molar-refractivity contribution in [1.29, 1.82) is 0 Å². The summed E-state index contributed by atoms with van der Waals surface area (Å²) in [5.74, 6) is 4.93. The topological polar surface area (TPSA) is 72.2 Å². The second kappa shape index (κ2) is 7.79. The van der Waals surface area contributed by atoms with Crippen LogP contribution in [0.3, 0.4) is 0 Å². The quantitative estimate of drug-likeness (QED) is 0.776. The second-order valence-corrected chi connectivity index (χ2v) is 7.09. The van der Waals surface area contributed by atoms with Crippen molar-refractivity contribution in [1.82, 2.24) is 4.72 Å². The van der Waals surface area contributed by atoms with Gasteiger partial charge in [-0.25, -0.2) is 13.1 Å². The molecule has 0 fully saturated rings. The van der Waals surface area contributed by atoms with E-state index in [-0.39, 0.29) is 13.1 Å². The van der Waals surface area contributed by atoms with Crippen LogP contribution in [-0.2, 0) is 16.6 Å². The van der Waals surface area contributed by atoms with Crippen molar-refractivity contribution >= 4 is 21.4 Å². The highest BCUT2D eigenvalue weighted by atomic mass is 32.2. The first-order chi connectivity index (χ1) is 9.72. The van der Waals surface area contributed by atoms with Crippen LogP contribution in [0.4, 0.5) is 13.2 Å². The van der Waals surface area contributed by atoms with Gasteiger partial charge in [0.1, 0.15) is 0 Å². The highest BCUT2D eigenvalue weighted by Gasteiger charge is 2.27. The van der Waals surface area contributed by atoms with Crippen LogP contribution in [0, 0.1) is 11.8 Å². The number of sulfonamides is 1. The Hall–Kier alpha value is -1.08. The minimum atomic E-state index is -4.33. The van der Waals surface area contributed by atoms with Gasteiger partial charge in [-0.2, -0.15) is 13.2 Å². The minimum Gasteiger partial charge on any atom is -0.320 e. The Balaban J connectivity index is 2.44. The van der Waals surface area contributed by atoms with Crippen LogP contribution in [0.25, 0.3) is 0 Å². The molecular formula is C12H15F3N2O2S2. The average molecular weight is 340 g/mol. The van der Waals surface area contributed by atoms with Crippen LogP contribution < -0.4 is 10.5 Å². The van der Waals surface area contributed by atoms with Crippen molar-refractivity contribution in [2.45, 2.75) is 25.6 Å². The van der Waals surface area contributed by atoms with Crippen LogP contribution in [0.5, 0.6) is 0 Å². The lowest BCUT2D eigenvalue weighted by atomic mass is 10.3. The van der Waals surface area contributed by atoms with Crippen LogP contribution in [0.15, 0.2) is 11.4 Å². The van der Waals surface area contributed by atoms with E-state index in [4.69, 9.17) is 5.73 Å². The molecule has 3 N–H and O–H groups in total. The monoisotopic (exact) mass is 340 g/mol. The zero-order chi connectivity index (χ0) is 15.9. The largest absolute Gasteiger partial charge is 0.389 e. The molecule has 0 aliphatic heterocycles. The van der Waals surface area contributed by atoms with Gasteiger partial charge < -0.3 is 5.73 Å². The van der Waals surface area contributed by atoms with Gasteiger partial charge in [-0.05, 0) is 12.5 Å². The predicted molar refractivity (Wildman–Crippen MR) is 76.2 cm³/mol. The number of rotatable bonds is 6. The number of thiophene rings is 1. The maximum Gasteiger partial charge on any atom is 0.389 e. The molecule has 9 heteroatoms. The van der Waals surface area contributed by atoms with Gasteiger partial charge >= 0.3 is 6.18 Å². The molecule has 0 aliphatic carbocycles. The van der Waals surface area contributed by atoms with E-state index in [1.165, 1.54) is 11.3 Å². The fraction of sp³-hybridized carbons (Fsp3) is 0.500. The van der Waals surface area contributed by atoms with Crippen molar-refractivity contribution in [3.05, 3.63) is 21.9 Å². The SMILES string of the molecule is NCC#Cc1csc(CNS(=O)(=O)CCCC(F)(F)F)c1. The number of halogens is 3. The van der Waals surface area contributed by atoms with Gasteiger partial charge in [0.25, 0.3) is 0 Å². The summed E-state index contributed by atoms with van der Waals surface area (Å²) in [5, 5.41) is 1.76. The second-order valence-electron chi connectivity index (χ2n) is 4.17. The third-order valence-electron chi connectivity index (χ3n) is 2.33. The van der Waals surface area contributed by atoms with E-state index in [0.29, 0.717) is 0 Å². The smallest absolute Gasteiger partial charge is 0.320 e. The summed E-state index contributed by atoms with van der Waals surface area (Å²) in [7, 11) is -3.71. The van der Waals surface area contributed by atoms with E-state index >= 15 is 0 Å². The molecule has 1 aromatic rings. The Kier molecular flexibility index (Phi) is 6.67. The number of nitrogens with one attached hydrogen (secondary N) is 1. The molecule has 0 spiro atoms. The van der Waals surface area contributed by atoms with Gasteiger partial charge in [0.05, 0.1) is 12.3 Å². The lowest BCUT2D eigenvalue weighted by molar-refractivity contribution is -0.134. The molecule has 1 aromatic heterocycles. The predicted octanol–water partition coefficient (Wildman–Crippen LogP) is 1.82. The van der Waals surface area contributed by atoms with Gasteiger partial charge in [0, 0.05) is 28.8 Å². The van der Waals surface area contributed by atoms with Gasteiger partial charge in [0.2, 0.25) is 10.0 Å². The van der Waals surface area contributed by atoms with Crippen molar-refractivity contribution in [3.8, 4) is 11.8 Å². The van der Waals surface area contributed by atoms with E-state index in [1.54, 1.807) is 11.4 Å². The molecule has 4 nitrogen and oxygen atoms in total. The molecule has 0 unspecified atom stereocenters. The van der Waals surface area contributed by atoms with Gasteiger partial charge in [-0.15, -0.1) is 11.3 Å². The molecular weight excluding hydrogens is 325 g/mol. The minimum absolute atomic E-state index is 0.0450. The molecule has 0 saturated carbocycles. The summed E-state index contributed by atoms with van der Waals surface area (Å²) >= 11 is 1.32. The Morgan fingerprint density at radius 3 is 2.71 bits per heavy atom. The fourth-order valence-corrected chi connectivity index (χ4v) is 3.30. The maximum atomic E-state index is 12.0. The first-order valence-corrected chi connectivity index (χ1v) is 8.55. The zero-order valence-electron chi connectivity index (χ0n) is 11.0. The van der Waals surface area contributed by atoms with E-state index in [0.717, 1.165) is 10.4 Å². The third kappa shape index (κ3) is 8.06. The van der Waals surface area contributed by atoms with Crippen molar-refractivity contribution in [2.24, 2.45) is 5.73 Å². The highest BCUT2D eigenvalue weighted by molar-refractivity contribution is 7.89. The maximum absolute atomic E-state index is 12.0. The summed E-state index contributed by atoms with van der Waals surface area (Å²) in [6.45, 7) is 0.278. The lowest BCUT2D eigenvalue weighted by Crippen LogP contribution is -2.26. The molecule has 0 bridgehead atoms. The number of nitrogens with two attached hydrogens (primary N) is 1. The Morgan fingerprint density at radius 2 is 2.10 bits per heavy atom. The van der Waals surface area contributed by atoms with E-state index < -0.39 is 34.8 Å². The third-order valence-corrected chi connectivity index (χ3v) is 4.68. The highest BCUT2D eigenvalue weighted by Crippen LogP contribution is 2.21. The molecule has 21 heavy (non-hydrogen) atoms. The Labute approximate surface area is 125 Å². The average Bonchev–Trinajstić information content (AvgIpc) is 2.80. The molecule has 0 radical (unpaired) electrons. The molecule has 0 aliphatic rings. The van der Waals surface area contributed by atoms with Crippen LogP contribution in [-0.4, -0.2) is 26.9 Å². The Morgan fingerprint density at radius 1 is 1.38 bits per heavy atom. The normalized spacial score (nSPS) is 12.0. The van der Waals surface area contributed by atoms with Crippen LogP contribution >= 0.6 is 11.3 Å². The van der Waals surface area contributed by atoms with Crippen molar-refractivity contribution in [2.75, 3.05) is 12.3 Å². The molecule has 0 atom stereocenters. The molecule has 1 heterocycles. The van der Waals surface area contributed by atoms with Gasteiger partial charge in [-0.3, -0.25) is 0 Å². The zero-order valence-corrected chi connectivity index (χ0v) is 12.7. The lowest BCUT2D eigenvalue weighted by Gasteiger charge is -2.07. The van der Waals surface area contributed by atoms with Gasteiger partial charge in [-0.1, -0.05) is 11.8 Å². The summed E-state index contributed by atoms with van der Waals surface area (Å²) in [6, 6.07) is 1.71.